The Balaban J connectivity index is 1.29. The number of nitro benzene ring substituents is 1. The van der Waals surface area contributed by atoms with E-state index >= 15 is 0 Å². The normalized spacial score (nSPS) is 16.8. The van der Waals surface area contributed by atoms with Crippen molar-refractivity contribution in [1.29, 1.82) is 0 Å². The number of rotatable bonds is 4. The molecular formula is C27H28N4O6. The van der Waals surface area contributed by atoms with Gasteiger partial charge in [-0.05, 0) is 42.9 Å². The summed E-state index contributed by atoms with van der Waals surface area (Å²) in [6.07, 6.45) is 2.29. The van der Waals surface area contributed by atoms with Gasteiger partial charge in [-0.3, -0.25) is 19.7 Å². The number of aromatic nitrogens is 1. The topological polar surface area (TPSA) is 115 Å². The maximum Gasteiger partial charge on any atom is 0.345 e. The van der Waals surface area contributed by atoms with Crippen LogP contribution in [0.2, 0.25) is 0 Å². The van der Waals surface area contributed by atoms with Gasteiger partial charge in [0.05, 0.1) is 17.6 Å². The third-order valence-corrected chi connectivity index (χ3v) is 7.87. The van der Waals surface area contributed by atoms with Gasteiger partial charge >= 0.3 is 5.97 Å². The van der Waals surface area contributed by atoms with Crippen LogP contribution in [-0.2, 0) is 11.8 Å². The van der Waals surface area contributed by atoms with Gasteiger partial charge in [-0.25, -0.2) is 4.79 Å². The first-order valence-electron chi connectivity index (χ1n) is 12.2. The molecule has 3 heterocycles. The minimum absolute atomic E-state index is 0.00112. The van der Waals surface area contributed by atoms with E-state index in [1.807, 2.05) is 46.8 Å². The molecule has 0 unspecified atom stereocenters. The minimum Gasteiger partial charge on any atom is -0.465 e. The molecule has 2 aliphatic heterocycles. The lowest BCUT2D eigenvalue weighted by Gasteiger charge is -2.39. The molecule has 3 aromatic rings. The fraction of sp³-hybridized carbons (Fsp3) is 0.370. The van der Waals surface area contributed by atoms with Crippen molar-refractivity contribution >= 4 is 34.4 Å². The van der Waals surface area contributed by atoms with E-state index in [0.717, 1.165) is 37.3 Å². The highest BCUT2D eigenvalue weighted by Gasteiger charge is 2.44. The van der Waals surface area contributed by atoms with Crippen molar-refractivity contribution in [2.45, 2.75) is 19.3 Å². The van der Waals surface area contributed by atoms with Crippen LogP contribution in [0.5, 0.6) is 0 Å². The number of nitrogens with zero attached hydrogens (tertiary/aromatic N) is 4. The van der Waals surface area contributed by atoms with Gasteiger partial charge in [0.15, 0.2) is 0 Å². The van der Waals surface area contributed by atoms with Gasteiger partial charge in [0, 0.05) is 50.2 Å². The van der Waals surface area contributed by atoms with E-state index in [1.54, 1.807) is 4.90 Å². The molecule has 2 aliphatic rings. The fourth-order valence-corrected chi connectivity index (χ4v) is 5.71. The number of fused-ring (bicyclic) bond motifs is 1. The van der Waals surface area contributed by atoms with Crippen LogP contribution in [0, 0.1) is 15.5 Å². The average molecular weight is 505 g/mol. The van der Waals surface area contributed by atoms with Gasteiger partial charge in [-0.15, -0.1) is 0 Å². The third kappa shape index (κ3) is 4.22. The third-order valence-electron chi connectivity index (χ3n) is 7.87. The van der Waals surface area contributed by atoms with Crippen LogP contribution in [-0.4, -0.2) is 70.4 Å². The van der Waals surface area contributed by atoms with Crippen molar-refractivity contribution in [3.63, 3.8) is 0 Å². The van der Waals surface area contributed by atoms with Crippen molar-refractivity contribution < 1.29 is 24.0 Å². The summed E-state index contributed by atoms with van der Waals surface area (Å²) in [5.41, 5.74) is 0.736. The Bertz CT molecular complexity index is 1420. The Morgan fingerprint density at radius 2 is 1.62 bits per heavy atom. The molecule has 192 valence electrons. The molecule has 2 fully saturated rings. The van der Waals surface area contributed by atoms with Crippen molar-refractivity contribution in [3.8, 4) is 0 Å². The second kappa shape index (κ2) is 9.34. The Morgan fingerprint density at radius 3 is 2.27 bits per heavy atom. The monoisotopic (exact) mass is 504 g/mol. The second-order valence-electron chi connectivity index (χ2n) is 9.86. The number of carbonyl (C=O) groups is 3. The number of methoxy groups -OCH3 is 1. The zero-order valence-electron chi connectivity index (χ0n) is 20.8. The molecule has 0 bridgehead atoms. The van der Waals surface area contributed by atoms with Crippen molar-refractivity contribution in [3.05, 3.63) is 75.5 Å². The maximum absolute atomic E-state index is 13.4. The van der Waals surface area contributed by atoms with Crippen LogP contribution in [0.1, 0.15) is 50.5 Å². The molecule has 0 radical (unpaired) electrons. The summed E-state index contributed by atoms with van der Waals surface area (Å²) < 4.78 is 6.66. The summed E-state index contributed by atoms with van der Waals surface area (Å²) in [6, 6.07) is 13.8. The lowest BCUT2D eigenvalue weighted by molar-refractivity contribution is -0.385. The first-order valence-corrected chi connectivity index (χ1v) is 12.2. The number of benzene rings is 2. The number of aryl methyl sites for hydroxylation is 1. The Morgan fingerprint density at radius 1 is 0.946 bits per heavy atom. The van der Waals surface area contributed by atoms with E-state index in [1.165, 1.54) is 18.2 Å². The summed E-state index contributed by atoms with van der Waals surface area (Å²) in [5.74, 6) is -1.33. The smallest absolute Gasteiger partial charge is 0.345 e. The van der Waals surface area contributed by atoms with E-state index in [-0.39, 0.29) is 22.4 Å². The number of ether oxygens (including phenoxy) is 1. The highest BCUT2D eigenvalue weighted by molar-refractivity contribution is 6.08. The van der Waals surface area contributed by atoms with Gasteiger partial charge in [-0.2, -0.15) is 0 Å². The molecule has 10 nitrogen and oxygen atoms in total. The minimum atomic E-state index is -0.912. The quantitative estimate of drug-likeness (QED) is 0.304. The van der Waals surface area contributed by atoms with Gasteiger partial charge in [0.2, 0.25) is 0 Å². The van der Waals surface area contributed by atoms with E-state index in [4.69, 9.17) is 4.74 Å². The molecule has 37 heavy (non-hydrogen) atoms. The summed E-state index contributed by atoms with van der Waals surface area (Å²) in [6.45, 7) is 2.14. The molecule has 2 aromatic carbocycles. The Hall–Kier alpha value is -4.21. The lowest BCUT2D eigenvalue weighted by Crippen LogP contribution is -2.45. The lowest BCUT2D eigenvalue weighted by atomic mass is 9.77. The highest BCUT2D eigenvalue weighted by atomic mass is 16.6. The zero-order chi connectivity index (χ0) is 26.3. The van der Waals surface area contributed by atoms with Crippen LogP contribution in [0.15, 0.2) is 48.5 Å². The maximum atomic E-state index is 13.4. The molecule has 5 rings (SSSR count). The first-order chi connectivity index (χ1) is 17.7. The SMILES string of the molecule is COC(=O)c1c(C(=O)N2CCC3(CCN(C(=O)c4cc5ccccc5n4C)CC3)C2)cccc1[N+](=O)[O-]. The Labute approximate surface area is 213 Å². The largest absolute Gasteiger partial charge is 0.465 e. The predicted octanol–water partition coefficient (Wildman–Crippen LogP) is 3.64. The van der Waals surface area contributed by atoms with E-state index < -0.39 is 22.5 Å². The van der Waals surface area contributed by atoms with E-state index in [0.29, 0.717) is 31.9 Å². The van der Waals surface area contributed by atoms with Gasteiger partial charge in [-0.1, -0.05) is 24.3 Å². The van der Waals surface area contributed by atoms with Gasteiger partial charge in [0.1, 0.15) is 11.3 Å². The second-order valence-corrected chi connectivity index (χ2v) is 9.86. The number of piperidine rings is 1. The number of hydrogen-bond acceptors (Lipinski definition) is 6. The van der Waals surface area contributed by atoms with Crippen LogP contribution in [0.3, 0.4) is 0 Å². The Kier molecular flexibility index (Phi) is 6.18. The summed E-state index contributed by atoms with van der Waals surface area (Å²) >= 11 is 0. The molecular weight excluding hydrogens is 476 g/mol. The van der Waals surface area contributed by atoms with Crippen LogP contribution in [0.25, 0.3) is 10.9 Å². The first kappa shape index (κ1) is 24.5. The average Bonchev–Trinajstić information content (AvgIpc) is 3.48. The van der Waals surface area contributed by atoms with Gasteiger partial charge < -0.3 is 19.1 Å². The molecule has 0 saturated carbocycles. The number of hydrogen-bond donors (Lipinski definition) is 0. The molecule has 0 aliphatic carbocycles. The molecule has 0 N–H and O–H groups in total. The van der Waals surface area contributed by atoms with Crippen molar-refractivity contribution in [2.75, 3.05) is 33.3 Å². The molecule has 2 amide bonds. The standard InChI is InChI=1S/C27H28N4O6/c1-28-20-8-4-3-6-18(20)16-22(28)25(33)29-13-10-27(11-14-29)12-15-30(17-27)24(32)19-7-5-9-21(31(35)36)23(19)26(34)37-2/h3-9,16H,10-15,17H2,1-2H3. The predicted molar refractivity (Wildman–Crippen MR) is 135 cm³/mol. The van der Waals surface area contributed by atoms with E-state index in [2.05, 4.69) is 0 Å². The summed E-state index contributed by atoms with van der Waals surface area (Å²) in [4.78, 5) is 53.4. The molecule has 1 spiro atoms. The van der Waals surface area contributed by atoms with Crippen molar-refractivity contribution in [2.24, 2.45) is 12.5 Å². The highest BCUT2D eigenvalue weighted by Crippen LogP contribution is 2.41. The van der Waals surface area contributed by atoms with E-state index in [9.17, 15) is 24.5 Å². The number of para-hydroxylation sites is 1. The summed E-state index contributed by atoms with van der Waals surface area (Å²) in [5, 5.41) is 12.5. The number of carbonyl (C=O) groups excluding carboxylic acids is 3. The van der Waals surface area contributed by atoms with Crippen molar-refractivity contribution in [1.82, 2.24) is 14.4 Å². The number of likely N-dealkylation sites (tertiary alicyclic amines) is 2. The molecule has 0 atom stereocenters. The summed E-state index contributed by atoms with van der Waals surface area (Å²) in [7, 11) is 3.03. The molecule has 10 heteroatoms. The molecule has 1 aromatic heterocycles. The van der Waals surface area contributed by atoms with Gasteiger partial charge in [0.25, 0.3) is 17.5 Å². The number of nitro groups is 1. The van der Waals surface area contributed by atoms with Crippen LogP contribution >= 0.6 is 0 Å². The fourth-order valence-electron chi connectivity index (χ4n) is 5.71. The van der Waals surface area contributed by atoms with Crippen LogP contribution < -0.4 is 0 Å². The van der Waals surface area contributed by atoms with Crippen LogP contribution in [0.4, 0.5) is 5.69 Å². The number of esters is 1. The zero-order valence-corrected chi connectivity index (χ0v) is 20.8. The number of amides is 2. The molecule has 2 saturated heterocycles.